The van der Waals surface area contributed by atoms with Crippen LogP contribution < -0.4 is 10.6 Å². The summed E-state index contributed by atoms with van der Waals surface area (Å²) in [6, 6.07) is 13.3. The van der Waals surface area contributed by atoms with Crippen molar-refractivity contribution in [2.75, 3.05) is 46.5 Å². The highest BCUT2D eigenvalue weighted by Crippen LogP contribution is 2.21. The number of nitrogens with one attached hydrogen (secondary N) is 2. The molecule has 2 aromatic rings. The predicted molar refractivity (Wildman–Crippen MR) is 144 cm³/mol. The number of methoxy groups -OCH3 is 1. The second kappa shape index (κ2) is 14.7. The molecule has 0 aliphatic carbocycles. The van der Waals surface area contributed by atoms with Crippen LogP contribution in [0.4, 0.5) is 0 Å². The average molecular weight is 512 g/mol. The molecular formula is C29H41N3O5. The van der Waals surface area contributed by atoms with Crippen molar-refractivity contribution in [3.05, 3.63) is 48.0 Å². The Balaban J connectivity index is 1.71. The van der Waals surface area contributed by atoms with Crippen LogP contribution in [0.3, 0.4) is 0 Å². The molecule has 1 saturated heterocycles. The minimum absolute atomic E-state index is 0.0112. The summed E-state index contributed by atoms with van der Waals surface area (Å²) in [6.07, 6.45) is 1.69. The highest BCUT2D eigenvalue weighted by Gasteiger charge is 2.28. The zero-order chi connectivity index (χ0) is 26.6. The number of fused-ring (bicyclic) bond motifs is 1. The number of hydrogen-bond acceptors (Lipinski definition) is 6. The van der Waals surface area contributed by atoms with E-state index in [4.69, 9.17) is 9.47 Å². The molecule has 1 aliphatic rings. The predicted octanol–water partition coefficient (Wildman–Crippen LogP) is 2.93. The van der Waals surface area contributed by atoms with Crippen molar-refractivity contribution in [1.82, 2.24) is 15.5 Å². The lowest BCUT2D eigenvalue weighted by Gasteiger charge is -2.27. The highest BCUT2D eigenvalue weighted by molar-refractivity contribution is 5.91. The van der Waals surface area contributed by atoms with E-state index in [1.807, 2.05) is 56.3 Å². The lowest BCUT2D eigenvalue weighted by molar-refractivity contribution is -0.144. The van der Waals surface area contributed by atoms with Crippen molar-refractivity contribution in [2.24, 2.45) is 11.8 Å². The summed E-state index contributed by atoms with van der Waals surface area (Å²) in [5.74, 6) is -1.29. The molecule has 0 aromatic heterocycles. The van der Waals surface area contributed by atoms with Gasteiger partial charge in [0.05, 0.1) is 26.7 Å². The maximum atomic E-state index is 13.3. The van der Waals surface area contributed by atoms with Gasteiger partial charge in [0.1, 0.15) is 6.04 Å². The zero-order valence-corrected chi connectivity index (χ0v) is 22.3. The SMILES string of the molecule is COC(=O)C[C@@H](CC(C)C)C(=O)N[C@@H](Cc1cccc2ccccc12)C(=O)NCCCN1CCOCC1. The lowest BCUT2D eigenvalue weighted by atomic mass is 9.92. The molecule has 1 aliphatic heterocycles. The number of carbonyl (C=O) groups is 3. The number of hydrogen-bond donors (Lipinski definition) is 2. The molecular weight excluding hydrogens is 470 g/mol. The quantitative estimate of drug-likeness (QED) is 0.317. The number of morpholine rings is 1. The number of ether oxygens (including phenoxy) is 2. The van der Waals surface area contributed by atoms with Gasteiger partial charge in [-0.3, -0.25) is 19.3 Å². The fourth-order valence-corrected chi connectivity index (χ4v) is 4.79. The first-order valence-corrected chi connectivity index (χ1v) is 13.3. The van der Waals surface area contributed by atoms with Crippen LogP contribution >= 0.6 is 0 Å². The van der Waals surface area contributed by atoms with Gasteiger partial charge in [0.15, 0.2) is 0 Å². The number of nitrogens with zero attached hydrogens (tertiary/aromatic N) is 1. The van der Waals surface area contributed by atoms with Crippen LogP contribution in [0.2, 0.25) is 0 Å². The molecule has 0 spiro atoms. The second-order valence-corrected chi connectivity index (χ2v) is 10.1. The molecule has 0 radical (unpaired) electrons. The molecule has 8 nitrogen and oxygen atoms in total. The molecule has 202 valence electrons. The number of rotatable bonds is 13. The van der Waals surface area contributed by atoms with Gasteiger partial charge < -0.3 is 20.1 Å². The van der Waals surface area contributed by atoms with Gasteiger partial charge in [0, 0.05) is 32.0 Å². The lowest BCUT2D eigenvalue weighted by Crippen LogP contribution is -2.50. The average Bonchev–Trinajstić information content (AvgIpc) is 2.90. The Morgan fingerprint density at radius 2 is 1.76 bits per heavy atom. The first-order valence-electron chi connectivity index (χ1n) is 13.3. The summed E-state index contributed by atoms with van der Waals surface area (Å²) >= 11 is 0. The largest absolute Gasteiger partial charge is 0.469 e. The second-order valence-electron chi connectivity index (χ2n) is 10.1. The molecule has 37 heavy (non-hydrogen) atoms. The minimum atomic E-state index is -0.756. The molecule has 1 fully saturated rings. The Hall–Kier alpha value is -2.97. The van der Waals surface area contributed by atoms with Crippen molar-refractivity contribution < 1.29 is 23.9 Å². The summed E-state index contributed by atoms with van der Waals surface area (Å²) in [5.41, 5.74) is 0.986. The van der Waals surface area contributed by atoms with Crippen molar-refractivity contribution in [3.63, 3.8) is 0 Å². The van der Waals surface area contributed by atoms with E-state index >= 15 is 0 Å². The Morgan fingerprint density at radius 1 is 1.03 bits per heavy atom. The third-order valence-electron chi connectivity index (χ3n) is 6.76. The molecule has 3 rings (SSSR count). The van der Waals surface area contributed by atoms with Gasteiger partial charge in [-0.25, -0.2) is 0 Å². The number of amides is 2. The maximum Gasteiger partial charge on any atom is 0.306 e. The molecule has 2 amide bonds. The van der Waals surface area contributed by atoms with E-state index in [0.717, 1.165) is 55.6 Å². The van der Waals surface area contributed by atoms with Gasteiger partial charge in [-0.05, 0) is 41.6 Å². The van der Waals surface area contributed by atoms with Crippen molar-refractivity contribution in [3.8, 4) is 0 Å². The standard InChI is InChI=1S/C29H41N3O5/c1-21(2)18-24(20-27(33)36-3)28(34)31-26(19-23-10-6-9-22-8-4-5-11-25(22)23)29(35)30-12-7-13-32-14-16-37-17-15-32/h4-6,8-11,21,24,26H,7,12-20H2,1-3H3,(H,30,35)(H,31,34)/t24-,26+/m1/s1. The van der Waals surface area contributed by atoms with E-state index in [2.05, 4.69) is 15.5 Å². The van der Waals surface area contributed by atoms with E-state index < -0.39 is 17.9 Å². The van der Waals surface area contributed by atoms with Crippen LogP contribution in [0.1, 0.15) is 38.7 Å². The molecule has 2 N–H and O–H groups in total. The van der Waals surface area contributed by atoms with Crippen molar-refractivity contribution in [2.45, 2.75) is 45.6 Å². The van der Waals surface area contributed by atoms with E-state index in [9.17, 15) is 14.4 Å². The van der Waals surface area contributed by atoms with Gasteiger partial charge in [-0.15, -0.1) is 0 Å². The highest BCUT2D eigenvalue weighted by atomic mass is 16.5. The van der Waals surface area contributed by atoms with Gasteiger partial charge in [-0.2, -0.15) is 0 Å². The van der Waals surface area contributed by atoms with Crippen LogP contribution in [-0.2, 0) is 30.3 Å². The van der Waals surface area contributed by atoms with E-state index in [1.165, 1.54) is 7.11 Å². The van der Waals surface area contributed by atoms with Gasteiger partial charge in [0.2, 0.25) is 11.8 Å². The van der Waals surface area contributed by atoms with Crippen LogP contribution in [0.25, 0.3) is 10.8 Å². The molecule has 8 heteroatoms. The first-order chi connectivity index (χ1) is 17.9. The van der Waals surface area contributed by atoms with Gasteiger partial charge >= 0.3 is 5.97 Å². The van der Waals surface area contributed by atoms with Gasteiger partial charge in [-0.1, -0.05) is 56.3 Å². The molecule has 2 aromatic carbocycles. The van der Waals surface area contributed by atoms with Crippen LogP contribution in [0.15, 0.2) is 42.5 Å². The monoisotopic (exact) mass is 511 g/mol. The molecule has 0 saturated carbocycles. The fraction of sp³-hybridized carbons (Fsp3) is 0.552. The smallest absolute Gasteiger partial charge is 0.306 e. The maximum absolute atomic E-state index is 13.3. The Kier molecular flexibility index (Phi) is 11.4. The number of esters is 1. The number of benzene rings is 2. The minimum Gasteiger partial charge on any atom is -0.469 e. The van der Waals surface area contributed by atoms with E-state index in [-0.39, 0.29) is 24.2 Å². The Bertz CT molecular complexity index is 1030. The van der Waals surface area contributed by atoms with E-state index in [1.54, 1.807) is 0 Å². The van der Waals surface area contributed by atoms with E-state index in [0.29, 0.717) is 19.4 Å². The first kappa shape index (κ1) is 28.6. The summed E-state index contributed by atoms with van der Waals surface area (Å²) in [6.45, 7) is 8.73. The van der Waals surface area contributed by atoms with Crippen molar-refractivity contribution in [1.29, 1.82) is 0 Å². The van der Waals surface area contributed by atoms with Crippen molar-refractivity contribution >= 4 is 28.6 Å². The zero-order valence-electron chi connectivity index (χ0n) is 22.3. The third kappa shape index (κ3) is 9.13. The summed E-state index contributed by atoms with van der Waals surface area (Å²) in [7, 11) is 1.32. The van der Waals surface area contributed by atoms with Gasteiger partial charge in [0.25, 0.3) is 0 Å². The van der Waals surface area contributed by atoms with Crippen LogP contribution in [-0.4, -0.2) is 75.2 Å². The number of carbonyl (C=O) groups excluding carboxylic acids is 3. The van der Waals surface area contributed by atoms with Crippen LogP contribution in [0.5, 0.6) is 0 Å². The molecule has 1 heterocycles. The van der Waals surface area contributed by atoms with Crippen LogP contribution in [0, 0.1) is 11.8 Å². The molecule has 2 atom stereocenters. The fourth-order valence-electron chi connectivity index (χ4n) is 4.79. The Morgan fingerprint density at radius 3 is 2.49 bits per heavy atom. The molecule has 0 bridgehead atoms. The summed E-state index contributed by atoms with van der Waals surface area (Å²) in [5, 5.41) is 8.13. The normalized spacial score (nSPS) is 15.8. The third-order valence-corrected chi connectivity index (χ3v) is 6.76. The Labute approximate surface area is 220 Å². The topological polar surface area (TPSA) is 97.0 Å². The molecule has 0 unspecified atom stereocenters. The summed E-state index contributed by atoms with van der Waals surface area (Å²) in [4.78, 5) is 41.0. The summed E-state index contributed by atoms with van der Waals surface area (Å²) < 4.78 is 10.2.